The van der Waals surface area contributed by atoms with Gasteiger partial charge in [0.05, 0.1) is 13.2 Å². The zero-order chi connectivity index (χ0) is 16.4. The molecule has 0 radical (unpaired) electrons. The molecule has 22 heavy (non-hydrogen) atoms. The van der Waals surface area contributed by atoms with Gasteiger partial charge in [-0.25, -0.2) is 0 Å². The smallest absolute Gasteiger partial charge is 0.228 e. The van der Waals surface area contributed by atoms with E-state index in [0.29, 0.717) is 25.5 Å². The van der Waals surface area contributed by atoms with E-state index in [9.17, 15) is 4.79 Å². The highest BCUT2D eigenvalue weighted by atomic mass is 16.5. The summed E-state index contributed by atoms with van der Waals surface area (Å²) < 4.78 is 11.4. The number of carbonyl (C=O) groups is 1. The van der Waals surface area contributed by atoms with Crippen molar-refractivity contribution in [1.29, 1.82) is 0 Å². The van der Waals surface area contributed by atoms with Gasteiger partial charge in [-0.05, 0) is 32.0 Å². The molecule has 0 aliphatic carbocycles. The average molecular weight is 308 g/mol. The number of rotatable bonds is 10. The Balaban J connectivity index is 2.81. The zero-order valence-electron chi connectivity index (χ0n) is 14.1. The summed E-state index contributed by atoms with van der Waals surface area (Å²) in [4.78, 5) is 12.1. The lowest BCUT2D eigenvalue weighted by molar-refractivity contribution is -0.119. The fraction of sp³-hybridized carbons (Fsp3) is 0.588. The standard InChI is InChI=1S/C17H28N2O3/c1-5-9-21-15-8-7-14(11-16(15)22-10-6-2)19-17(20)13(3)12-18-4/h7-8,11,13,18H,5-6,9-10,12H2,1-4H3,(H,19,20). The summed E-state index contributed by atoms with van der Waals surface area (Å²) in [5.74, 6) is 1.28. The minimum absolute atomic E-state index is 0.0157. The first-order chi connectivity index (χ1) is 10.6. The Morgan fingerprint density at radius 3 is 2.36 bits per heavy atom. The van der Waals surface area contributed by atoms with Gasteiger partial charge >= 0.3 is 0 Å². The van der Waals surface area contributed by atoms with Crippen LogP contribution in [0.5, 0.6) is 11.5 Å². The van der Waals surface area contributed by atoms with Crippen LogP contribution in [0.1, 0.15) is 33.6 Å². The van der Waals surface area contributed by atoms with Crippen LogP contribution >= 0.6 is 0 Å². The molecule has 5 nitrogen and oxygen atoms in total. The number of hydrogen-bond acceptors (Lipinski definition) is 4. The van der Waals surface area contributed by atoms with Crippen LogP contribution in [-0.2, 0) is 4.79 Å². The maximum atomic E-state index is 12.1. The van der Waals surface area contributed by atoms with Gasteiger partial charge in [0, 0.05) is 24.2 Å². The van der Waals surface area contributed by atoms with Crippen LogP contribution in [0, 0.1) is 5.92 Å². The quantitative estimate of drug-likeness (QED) is 0.697. The minimum atomic E-state index is -0.0963. The van der Waals surface area contributed by atoms with Crippen LogP contribution in [0.25, 0.3) is 0 Å². The zero-order valence-corrected chi connectivity index (χ0v) is 14.1. The van der Waals surface area contributed by atoms with Crippen LogP contribution in [-0.4, -0.2) is 32.7 Å². The number of nitrogens with one attached hydrogen (secondary N) is 2. The predicted molar refractivity (Wildman–Crippen MR) is 89.7 cm³/mol. The van der Waals surface area contributed by atoms with E-state index in [-0.39, 0.29) is 11.8 Å². The highest BCUT2D eigenvalue weighted by Gasteiger charge is 2.13. The van der Waals surface area contributed by atoms with Crippen LogP contribution in [0.3, 0.4) is 0 Å². The van der Waals surface area contributed by atoms with E-state index >= 15 is 0 Å². The highest BCUT2D eigenvalue weighted by Crippen LogP contribution is 2.31. The lowest BCUT2D eigenvalue weighted by atomic mass is 10.1. The maximum Gasteiger partial charge on any atom is 0.228 e. The van der Waals surface area contributed by atoms with Crippen LogP contribution < -0.4 is 20.1 Å². The Morgan fingerprint density at radius 1 is 1.14 bits per heavy atom. The highest BCUT2D eigenvalue weighted by molar-refractivity contribution is 5.92. The van der Waals surface area contributed by atoms with Gasteiger partial charge in [-0.3, -0.25) is 4.79 Å². The second kappa shape index (κ2) is 10.1. The van der Waals surface area contributed by atoms with E-state index in [1.54, 1.807) is 0 Å². The minimum Gasteiger partial charge on any atom is -0.490 e. The van der Waals surface area contributed by atoms with Crippen molar-refractivity contribution < 1.29 is 14.3 Å². The topological polar surface area (TPSA) is 59.6 Å². The molecule has 1 aromatic carbocycles. The molecule has 1 atom stereocenters. The van der Waals surface area contributed by atoms with Gasteiger partial charge in [0.2, 0.25) is 5.91 Å². The summed E-state index contributed by atoms with van der Waals surface area (Å²) in [6.45, 7) is 7.91. The Hall–Kier alpha value is -1.75. The van der Waals surface area contributed by atoms with Crippen molar-refractivity contribution in [2.24, 2.45) is 5.92 Å². The fourth-order valence-electron chi connectivity index (χ4n) is 1.91. The van der Waals surface area contributed by atoms with E-state index in [1.807, 2.05) is 32.2 Å². The van der Waals surface area contributed by atoms with E-state index in [1.165, 1.54) is 0 Å². The number of benzene rings is 1. The van der Waals surface area contributed by atoms with Crippen molar-refractivity contribution >= 4 is 11.6 Å². The Morgan fingerprint density at radius 2 is 1.77 bits per heavy atom. The Labute approximate surface area is 133 Å². The molecule has 0 aromatic heterocycles. The van der Waals surface area contributed by atoms with Crippen molar-refractivity contribution in [1.82, 2.24) is 5.32 Å². The molecule has 0 heterocycles. The molecule has 0 fully saturated rings. The van der Waals surface area contributed by atoms with Crippen molar-refractivity contribution in [2.75, 3.05) is 32.1 Å². The largest absolute Gasteiger partial charge is 0.490 e. The Bertz CT molecular complexity index is 463. The number of amides is 1. The van der Waals surface area contributed by atoms with Crippen molar-refractivity contribution in [2.45, 2.75) is 33.6 Å². The number of hydrogen-bond donors (Lipinski definition) is 2. The monoisotopic (exact) mass is 308 g/mol. The summed E-state index contributed by atoms with van der Waals surface area (Å²) in [6.07, 6.45) is 1.86. The van der Waals surface area contributed by atoms with E-state index in [0.717, 1.165) is 24.3 Å². The molecule has 0 spiro atoms. The molecule has 1 unspecified atom stereocenters. The van der Waals surface area contributed by atoms with Crippen molar-refractivity contribution in [3.05, 3.63) is 18.2 Å². The molecular formula is C17H28N2O3. The van der Waals surface area contributed by atoms with Gasteiger partial charge in [0.25, 0.3) is 0 Å². The maximum absolute atomic E-state index is 12.1. The molecule has 0 saturated heterocycles. The third-order valence-corrected chi connectivity index (χ3v) is 3.09. The van der Waals surface area contributed by atoms with E-state index < -0.39 is 0 Å². The van der Waals surface area contributed by atoms with Crippen molar-refractivity contribution in [3.8, 4) is 11.5 Å². The van der Waals surface area contributed by atoms with Crippen LogP contribution in [0.15, 0.2) is 18.2 Å². The van der Waals surface area contributed by atoms with Crippen LogP contribution in [0.2, 0.25) is 0 Å². The van der Waals surface area contributed by atoms with Gasteiger partial charge in [-0.2, -0.15) is 0 Å². The molecule has 5 heteroatoms. The summed E-state index contributed by atoms with van der Waals surface area (Å²) in [7, 11) is 1.83. The van der Waals surface area contributed by atoms with E-state index in [4.69, 9.17) is 9.47 Å². The van der Waals surface area contributed by atoms with E-state index in [2.05, 4.69) is 24.5 Å². The molecule has 0 aliphatic rings. The van der Waals surface area contributed by atoms with Crippen molar-refractivity contribution in [3.63, 3.8) is 0 Å². The summed E-state index contributed by atoms with van der Waals surface area (Å²) in [6, 6.07) is 5.51. The number of carbonyl (C=O) groups excluding carboxylic acids is 1. The summed E-state index contributed by atoms with van der Waals surface area (Å²) in [5.41, 5.74) is 0.725. The number of ether oxygens (including phenoxy) is 2. The molecule has 124 valence electrons. The Kier molecular flexibility index (Phi) is 8.36. The molecule has 2 N–H and O–H groups in total. The third-order valence-electron chi connectivity index (χ3n) is 3.09. The molecule has 0 aliphatic heterocycles. The van der Waals surface area contributed by atoms with Gasteiger partial charge in [0.1, 0.15) is 0 Å². The summed E-state index contributed by atoms with van der Waals surface area (Å²) >= 11 is 0. The fourth-order valence-corrected chi connectivity index (χ4v) is 1.91. The first-order valence-corrected chi connectivity index (χ1v) is 7.97. The molecule has 1 amide bonds. The van der Waals surface area contributed by atoms with Crippen LogP contribution in [0.4, 0.5) is 5.69 Å². The second-order valence-corrected chi connectivity index (χ2v) is 5.31. The predicted octanol–water partition coefficient (Wildman–Crippen LogP) is 3.06. The summed E-state index contributed by atoms with van der Waals surface area (Å²) in [5, 5.41) is 5.91. The lowest BCUT2D eigenvalue weighted by Gasteiger charge is -2.15. The first-order valence-electron chi connectivity index (χ1n) is 7.97. The number of anilines is 1. The average Bonchev–Trinajstić information content (AvgIpc) is 2.52. The lowest BCUT2D eigenvalue weighted by Crippen LogP contribution is -2.28. The SMILES string of the molecule is CCCOc1ccc(NC(=O)C(C)CNC)cc1OCCC. The first kappa shape index (κ1) is 18.3. The van der Waals surface area contributed by atoms with Gasteiger partial charge < -0.3 is 20.1 Å². The molecular weight excluding hydrogens is 280 g/mol. The molecule has 1 aromatic rings. The molecule has 1 rings (SSSR count). The molecule has 0 saturated carbocycles. The molecule has 0 bridgehead atoms. The second-order valence-electron chi connectivity index (χ2n) is 5.31. The normalized spacial score (nSPS) is 11.8. The van der Waals surface area contributed by atoms with Gasteiger partial charge in [-0.1, -0.05) is 20.8 Å². The van der Waals surface area contributed by atoms with Gasteiger partial charge in [0.15, 0.2) is 11.5 Å². The van der Waals surface area contributed by atoms with Gasteiger partial charge in [-0.15, -0.1) is 0 Å². The third kappa shape index (κ3) is 5.93.